The van der Waals surface area contributed by atoms with Gasteiger partial charge in [0.15, 0.2) is 9.84 Å². The van der Waals surface area contributed by atoms with E-state index >= 15 is 0 Å². The van der Waals surface area contributed by atoms with Gasteiger partial charge in [-0.05, 0) is 37.0 Å². The average Bonchev–Trinajstić information content (AvgIpc) is 2.75. The second kappa shape index (κ2) is 13.6. The predicted octanol–water partition coefficient (Wildman–Crippen LogP) is -0.575. The molecule has 1 aromatic carbocycles. The van der Waals surface area contributed by atoms with Crippen molar-refractivity contribution in [2.45, 2.75) is 57.8 Å². The van der Waals surface area contributed by atoms with Crippen LogP contribution in [0.1, 0.15) is 32.8 Å². The molecule has 0 heterocycles. The van der Waals surface area contributed by atoms with Crippen LogP contribution in [0.3, 0.4) is 0 Å². The van der Waals surface area contributed by atoms with E-state index in [1.54, 1.807) is 26.0 Å². The molecule has 13 heteroatoms. The van der Waals surface area contributed by atoms with E-state index in [4.69, 9.17) is 10.8 Å². The number of aromatic hydroxyl groups is 1. The van der Waals surface area contributed by atoms with Gasteiger partial charge in [0.05, 0.1) is 18.5 Å². The Morgan fingerprint density at radius 1 is 0.972 bits per heavy atom. The lowest BCUT2D eigenvalue weighted by Gasteiger charge is -2.25. The van der Waals surface area contributed by atoms with Gasteiger partial charge in [0.1, 0.15) is 17.8 Å². The summed E-state index contributed by atoms with van der Waals surface area (Å²) in [5, 5.41) is 26.6. The molecule has 200 valence electrons. The Labute approximate surface area is 210 Å². The minimum Gasteiger partial charge on any atom is -0.508 e. The van der Waals surface area contributed by atoms with Crippen LogP contribution in [-0.4, -0.2) is 72.7 Å². The van der Waals surface area contributed by atoms with Gasteiger partial charge in [-0.1, -0.05) is 32.1 Å². The second-order valence-electron chi connectivity index (χ2n) is 8.81. The third kappa shape index (κ3) is 11.3. The molecule has 7 N–H and O–H groups in total. The maximum Gasteiger partial charge on any atom is 0.305 e. The van der Waals surface area contributed by atoms with Gasteiger partial charge in [-0.3, -0.25) is 19.2 Å². The van der Waals surface area contributed by atoms with Crippen LogP contribution in [0.5, 0.6) is 5.75 Å². The molecule has 0 spiro atoms. The Morgan fingerprint density at radius 2 is 1.56 bits per heavy atom. The molecule has 0 saturated heterocycles. The minimum absolute atomic E-state index is 0.0761. The summed E-state index contributed by atoms with van der Waals surface area (Å²) in [6.45, 7) is 4.75. The highest BCUT2D eigenvalue weighted by Gasteiger charge is 2.29. The topological polar surface area (TPSA) is 205 Å². The van der Waals surface area contributed by atoms with E-state index in [1.807, 2.05) is 0 Å². The Kier molecular flexibility index (Phi) is 11.5. The first-order chi connectivity index (χ1) is 16.6. The van der Waals surface area contributed by atoms with Crippen LogP contribution in [0.4, 0.5) is 0 Å². The van der Waals surface area contributed by atoms with Crippen LogP contribution >= 0.6 is 0 Å². The first-order valence-corrected chi connectivity index (χ1v) is 13.1. The summed E-state index contributed by atoms with van der Waals surface area (Å²) < 4.78 is 22.6. The Hall–Kier alpha value is -3.45. The first kappa shape index (κ1) is 30.6. The van der Waals surface area contributed by atoms with Crippen molar-refractivity contribution < 1.29 is 37.8 Å². The fourth-order valence-corrected chi connectivity index (χ4v) is 3.52. The number of sulfone groups is 1. The van der Waals surface area contributed by atoms with Crippen molar-refractivity contribution >= 4 is 33.5 Å². The fraction of sp³-hybridized carbons (Fsp3) is 0.478. The van der Waals surface area contributed by atoms with Gasteiger partial charge < -0.3 is 31.9 Å². The molecular formula is C23H34N4O8S. The van der Waals surface area contributed by atoms with Crippen molar-refractivity contribution in [2.75, 3.05) is 6.26 Å². The molecule has 36 heavy (non-hydrogen) atoms. The van der Waals surface area contributed by atoms with Crippen LogP contribution in [0.25, 0.3) is 0 Å². The fourth-order valence-electron chi connectivity index (χ4n) is 3.04. The van der Waals surface area contributed by atoms with Crippen molar-refractivity contribution in [1.29, 1.82) is 0 Å². The average molecular weight is 527 g/mol. The lowest BCUT2D eigenvalue weighted by molar-refractivity contribution is -0.137. The highest BCUT2D eigenvalue weighted by Crippen LogP contribution is 2.11. The van der Waals surface area contributed by atoms with E-state index in [9.17, 15) is 32.7 Å². The number of phenolic OH excluding ortho intramolecular Hbond substituents is 1. The van der Waals surface area contributed by atoms with Gasteiger partial charge in [-0.2, -0.15) is 0 Å². The molecule has 3 amide bonds. The van der Waals surface area contributed by atoms with Crippen molar-refractivity contribution in [3.05, 3.63) is 41.3 Å². The van der Waals surface area contributed by atoms with E-state index in [0.717, 1.165) is 17.7 Å². The normalized spacial score (nSPS) is 15.1. The molecule has 0 aliphatic carbocycles. The van der Waals surface area contributed by atoms with Crippen LogP contribution in [0, 0.1) is 5.92 Å². The molecule has 1 rings (SSSR count). The monoisotopic (exact) mass is 526 g/mol. The van der Waals surface area contributed by atoms with E-state index < -0.39 is 64.1 Å². The lowest BCUT2D eigenvalue weighted by atomic mass is 10.0. The number of phenols is 1. The number of amides is 3. The number of carbonyl (C=O) groups is 4. The highest BCUT2D eigenvalue weighted by molar-refractivity contribution is 7.93. The first-order valence-electron chi connectivity index (χ1n) is 11.1. The van der Waals surface area contributed by atoms with Gasteiger partial charge in [0.25, 0.3) is 0 Å². The van der Waals surface area contributed by atoms with Crippen LogP contribution in [0.2, 0.25) is 0 Å². The molecule has 0 bridgehead atoms. The third-order valence-corrected chi connectivity index (χ3v) is 5.66. The zero-order chi connectivity index (χ0) is 27.6. The summed E-state index contributed by atoms with van der Waals surface area (Å²) >= 11 is 0. The number of carboxylic acid groups (broad SMARTS) is 1. The van der Waals surface area contributed by atoms with Gasteiger partial charge in [-0.25, -0.2) is 8.42 Å². The quantitative estimate of drug-likeness (QED) is 0.194. The summed E-state index contributed by atoms with van der Waals surface area (Å²) in [5.74, 6) is -3.53. The van der Waals surface area contributed by atoms with Crippen molar-refractivity contribution in [1.82, 2.24) is 16.0 Å². The van der Waals surface area contributed by atoms with Gasteiger partial charge in [0, 0.05) is 11.7 Å². The Balaban J connectivity index is 2.80. The molecule has 0 saturated carbocycles. The van der Waals surface area contributed by atoms with E-state index in [0.29, 0.717) is 5.56 Å². The largest absolute Gasteiger partial charge is 0.508 e. The van der Waals surface area contributed by atoms with Gasteiger partial charge in [-0.15, -0.1) is 0 Å². The molecule has 0 radical (unpaired) electrons. The Morgan fingerprint density at radius 3 is 2.06 bits per heavy atom. The van der Waals surface area contributed by atoms with Crippen molar-refractivity contribution in [3.8, 4) is 5.75 Å². The number of rotatable bonds is 13. The van der Waals surface area contributed by atoms with Crippen molar-refractivity contribution in [3.63, 3.8) is 0 Å². The zero-order valence-electron chi connectivity index (χ0n) is 20.6. The maximum atomic E-state index is 12.8. The summed E-state index contributed by atoms with van der Waals surface area (Å²) in [5.41, 5.74) is 6.69. The smallest absolute Gasteiger partial charge is 0.305 e. The van der Waals surface area contributed by atoms with Crippen LogP contribution in [0.15, 0.2) is 35.7 Å². The number of nitrogens with one attached hydrogen (secondary N) is 3. The number of aliphatic carboxylic acids is 1. The molecule has 0 aliphatic rings. The third-order valence-electron chi connectivity index (χ3n) is 5.01. The number of carboxylic acids is 1. The molecular weight excluding hydrogens is 492 g/mol. The molecule has 0 fully saturated rings. The number of hydrogen-bond acceptors (Lipinski definition) is 8. The lowest BCUT2D eigenvalue weighted by Crippen LogP contribution is -2.57. The highest BCUT2D eigenvalue weighted by atomic mass is 32.2. The predicted molar refractivity (Wildman–Crippen MR) is 132 cm³/mol. The van der Waals surface area contributed by atoms with E-state index in [1.165, 1.54) is 19.1 Å². The molecule has 0 aliphatic heterocycles. The minimum atomic E-state index is -3.55. The zero-order valence-corrected chi connectivity index (χ0v) is 21.4. The second-order valence-corrected chi connectivity index (χ2v) is 10.7. The SMILES string of the molecule is CC(C)[C@H](NC(=O)[C@@H](N)Cc1ccc(O)cc1)C(=O)N[C@@H](C)C(=O)N[C@H](/C=C/S(C)(=O)=O)CC(=O)O. The number of carbonyl (C=O) groups excluding carboxylic acids is 3. The van der Waals surface area contributed by atoms with E-state index in [-0.39, 0.29) is 18.1 Å². The van der Waals surface area contributed by atoms with E-state index in [2.05, 4.69) is 16.0 Å². The number of hydrogen-bond donors (Lipinski definition) is 6. The summed E-state index contributed by atoms with van der Waals surface area (Å²) in [6.07, 6.45) is 1.57. The van der Waals surface area contributed by atoms with Crippen LogP contribution in [-0.2, 0) is 35.4 Å². The summed E-state index contributed by atoms with van der Waals surface area (Å²) in [4.78, 5) is 49.0. The maximum absolute atomic E-state index is 12.8. The molecule has 0 aromatic heterocycles. The summed E-state index contributed by atoms with van der Waals surface area (Å²) in [6, 6.07) is 1.95. The molecule has 4 atom stereocenters. The van der Waals surface area contributed by atoms with Gasteiger partial charge in [0.2, 0.25) is 17.7 Å². The van der Waals surface area contributed by atoms with Gasteiger partial charge >= 0.3 is 5.97 Å². The molecule has 0 unspecified atom stereocenters. The molecule has 12 nitrogen and oxygen atoms in total. The van der Waals surface area contributed by atoms with Crippen LogP contribution < -0.4 is 21.7 Å². The number of nitrogens with two attached hydrogens (primary N) is 1. The standard InChI is InChI=1S/C23H34N4O8S/c1-13(2)20(27-22(32)18(24)11-15-5-7-17(28)8-6-15)23(33)25-14(3)21(31)26-16(12-19(29)30)9-10-36(4,34)35/h5-10,13-14,16,18,20,28H,11-12,24H2,1-4H3,(H,25,33)(H,26,31)(H,27,32)(H,29,30)/b10-9+/t14-,16+,18-,20-/m0/s1. The van der Waals surface area contributed by atoms with Crippen molar-refractivity contribution in [2.24, 2.45) is 11.7 Å². The Bertz CT molecular complexity index is 1070. The number of benzene rings is 1. The molecule has 1 aromatic rings. The summed E-state index contributed by atoms with van der Waals surface area (Å²) in [7, 11) is -3.55.